The zero-order valence-electron chi connectivity index (χ0n) is 13.0. The second-order valence-electron chi connectivity index (χ2n) is 5.31. The number of rotatable bonds is 5. The summed E-state index contributed by atoms with van der Waals surface area (Å²) in [6.45, 7) is 1.77. The lowest BCUT2D eigenvalue weighted by Crippen LogP contribution is -2.27. The number of aryl methyl sites for hydroxylation is 1. The molecule has 1 aromatic heterocycles. The molecule has 24 heavy (non-hydrogen) atoms. The fourth-order valence-corrected chi connectivity index (χ4v) is 2.41. The second kappa shape index (κ2) is 7.19. The van der Waals surface area contributed by atoms with Crippen molar-refractivity contribution < 1.29 is 9.32 Å². The molecular formula is C18H16ClN3O2. The van der Waals surface area contributed by atoms with Gasteiger partial charge < -0.3 is 15.2 Å². The Balaban J connectivity index is 1.84. The summed E-state index contributed by atoms with van der Waals surface area (Å²) >= 11 is 5.91. The number of nitrogens with one attached hydrogen (secondary N) is 2. The highest BCUT2D eigenvalue weighted by atomic mass is 35.5. The maximum absolute atomic E-state index is 12.7. The molecule has 0 radical (unpaired) electrons. The number of anilines is 2. The molecule has 1 amide bonds. The zero-order chi connectivity index (χ0) is 16.9. The molecule has 3 rings (SSSR count). The average molecular weight is 342 g/mol. The Morgan fingerprint density at radius 2 is 1.83 bits per heavy atom. The summed E-state index contributed by atoms with van der Waals surface area (Å²) < 4.78 is 4.98. The minimum absolute atomic E-state index is 0.232. The van der Waals surface area contributed by atoms with E-state index in [0.717, 1.165) is 11.3 Å². The minimum atomic E-state index is -0.579. The molecule has 122 valence electrons. The minimum Gasteiger partial charge on any atom is -0.370 e. The van der Waals surface area contributed by atoms with E-state index < -0.39 is 6.04 Å². The van der Waals surface area contributed by atoms with Crippen LogP contribution in [0.25, 0.3) is 0 Å². The van der Waals surface area contributed by atoms with E-state index in [9.17, 15) is 4.79 Å². The predicted molar refractivity (Wildman–Crippen MR) is 94.1 cm³/mol. The molecule has 0 fully saturated rings. The van der Waals surface area contributed by atoms with E-state index >= 15 is 0 Å². The van der Waals surface area contributed by atoms with Crippen molar-refractivity contribution in [1.82, 2.24) is 5.16 Å². The summed E-state index contributed by atoms with van der Waals surface area (Å²) in [7, 11) is 0. The lowest BCUT2D eigenvalue weighted by atomic mass is 10.1. The van der Waals surface area contributed by atoms with Crippen molar-refractivity contribution in [2.75, 3.05) is 10.6 Å². The Morgan fingerprint density at radius 3 is 2.46 bits per heavy atom. The highest BCUT2D eigenvalue weighted by Gasteiger charge is 2.21. The number of benzene rings is 2. The van der Waals surface area contributed by atoms with Crippen LogP contribution in [0.15, 0.2) is 65.2 Å². The molecule has 0 aliphatic heterocycles. The first-order valence-corrected chi connectivity index (χ1v) is 7.81. The molecule has 0 saturated heterocycles. The van der Waals surface area contributed by atoms with E-state index in [2.05, 4.69) is 15.8 Å². The third kappa shape index (κ3) is 3.94. The van der Waals surface area contributed by atoms with Gasteiger partial charge in [-0.15, -0.1) is 0 Å². The summed E-state index contributed by atoms with van der Waals surface area (Å²) in [5.74, 6) is 0.785. The van der Waals surface area contributed by atoms with Crippen LogP contribution in [0, 0.1) is 6.92 Å². The largest absolute Gasteiger partial charge is 0.370 e. The SMILES string of the molecule is Cc1cc(NC(=O)C(Nc2ccc(Cl)cc2)c2ccccc2)no1. The molecule has 5 nitrogen and oxygen atoms in total. The monoisotopic (exact) mass is 341 g/mol. The van der Waals surface area contributed by atoms with Gasteiger partial charge in [0.1, 0.15) is 11.8 Å². The first-order chi connectivity index (χ1) is 11.6. The summed E-state index contributed by atoms with van der Waals surface area (Å²) in [4.78, 5) is 12.7. The highest BCUT2D eigenvalue weighted by Crippen LogP contribution is 2.23. The van der Waals surface area contributed by atoms with E-state index in [0.29, 0.717) is 16.6 Å². The Bertz CT molecular complexity index is 816. The quantitative estimate of drug-likeness (QED) is 0.720. The summed E-state index contributed by atoms with van der Waals surface area (Å²) in [6.07, 6.45) is 0. The maximum atomic E-state index is 12.7. The summed E-state index contributed by atoms with van der Waals surface area (Å²) in [5, 5.41) is 10.4. The molecule has 1 atom stereocenters. The van der Waals surface area contributed by atoms with Crippen molar-refractivity contribution in [1.29, 1.82) is 0 Å². The van der Waals surface area contributed by atoms with Crippen LogP contribution in [0.4, 0.5) is 11.5 Å². The van der Waals surface area contributed by atoms with Crippen LogP contribution in [0.1, 0.15) is 17.4 Å². The van der Waals surface area contributed by atoms with Gasteiger partial charge in [-0.25, -0.2) is 0 Å². The van der Waals surface area contributed by atoms with E-state index in [1.807, 2.05) is 42.5 Å². The van der Waals surface area contributed by atoms with Gasteiger partial charge in [-0.05, 0) is 36.8 Å². The van der Waals surface area contributed by atoms with E-state index in [1.165, 1.54) is 0 Å². The molecular weight excluding hydrogens is 326 g/mol. The average Bonchev–Trinajstić information content (AvgIpc) is 3.00. The predicted octanol–water partition coefficient (Wildman–Crippen LogP) is 4.43. The number of amides is 1. The van der Waals surface area contributed by atoms with Crippen LogP contribution in [0.3, 0.4) is 0 Å². The van der Waals surface area contributed by atoms with Crippen LogP contribution >= 0.6 is 11.6 Å². The topological polar surface area (TPSA) is 67.2 Å². The van der Waals surface area contributed by atoms with Crippen molar-refractivity contribution in [3.8, 4) is 0 Å². The van der Waals surface area contributed by atoms with Crippen molar-refractivity contribution in [2.24, 2.45) is 0 Å². The second-order valence-corrected chi connectivity index (χ2v) is 5.74. The first kappa shape index (κ1) is 16.1. The Kier molecular flexibility index (Phi) is 4.82. The molecule has 0 aliphatic carbocycles. The standard InChI is InChI=1S/C18H16ClN3O2/c1-12-11-16(22-24-12)21-18(23)17(13-5-3-2-4-6-13)20-15-9-7-14(19)8-10-15/h2-11,17,20H,1H3,(H,21,22,23). The molecule has 2 aromatic carbocycles. The van der Waals surface area contributed by atoms with Gasteiger partial charge in [0, 0.05) is 16.8 Å². The van der Waals surface area contributed by atoms with Gasteiger partial charge in [-0.2, -0.15) is 0 Å². The molecule has 0 spiro atoms. The van der Waals surface area contributed by atoms with Crippen molar-refractivity contribution in [3.63, 3.8) is 0 Å². The van der Waals surface area contributed by atoms with Crippen LogP contribution < -0.4 is 10.6 Å². The Morgan fingerprint density at radius 1 is 1.12 bits per heavy atom. The molecule has 3 aromatic rings. The van der Waals surface area contributed by atoms with E-state index in [4.69, 9.17) is 16.1 Å². The molecule has 0 saturated carbocycles. The molecule has 6 heteroatoms. The van der Waals surface area contributed by atoms with Gasteiger partial charge in [0.15, 0.2) is 5.82 Å². The fraction of sp³-hybridized carbons (Fsp3) is 0.111. The number of hydrogen-bond acceptors (Lipinski definition) is 4. The summed E-state index contributed by atoms with van der Waals surface area (Å²) in [5.41, 5.74) is 1.63. The maximum Gasteiger partial charge on any atom is 0.252 e. The van der Waals surface area contributed by atoms with Crippen LogP contribution in [-0.4, -0.2) is 11.1 Å². The van der Waals surface area contributed by atoms with Crippen LogP contribution in [0.2, 0.25) is 5.02 Å². The summed E-state index contributed by atoms with van der Waals surface area (Å²) in [6, 6.07) is 17.7. The number of halogens is 1. The number of aromatic nitrogens is 1. The Hall–Kier alpha value is -2.79. The zero-order valence-corrected chi connectivity index (χ0v) is 13.7. The lowest BCUT2D eigenvalue weighted by molar-refractivity contribution is -0.117. The lowest BCUT2D eigenvalue weighted by Gasteiger charge is -2.19. The molecule has 2 N–H and O–H groups in total. The first-order valence-electron chi connectivity index (χ1n) is 7.43. The highest BCUT2D eigenvalue weighted by molar-refractivity contribution is 6.30. The van der Waals surface area contributed by atoms with Gasteiger partial charge in [-0.1, -0.05) is 47.1 Å². The van der Waals surface area contributed by atoms with Gasteiger partial charge in [0.2, 0.25) is 0 Å². The van der Waals surface area contributed by atoms with Gasteiger partial charge in [0.05, 0.1) is 0 Å². The molecule has 1 heterocycles. The molecule has 0 aliphatic rings. The normalized spacial score (nSPS) is 11.8. The van der Waals surface area contributed by atoms with Crippen LogP contribution in [-0.2, 0) is 4.79 Å². The smallest absolute Gasteiger partial charge is 0.252 e. The van der Waals surface area contributed by atoms with Gasteiger partial charge in [-0.3, -0.25) is 4.79 Å². The van der Waals surface area contributed by atoms with E-state index in [1.54, 1.807) is 25.1 Å². The van der Waals surface area contributed by atoms with Gasteiger partial charge in [0.25, 0.3) is 5.91 Å². The Labute approximate surface area is 144 Å². The number of carbonyl (C=O) groups is 1. The third-order valence-electron chi connectivity index (χ3n) is 3.43. The van der Waals surface area contributed by atoms with Crippen molar-refractivity contribution in [3.05, 3.63) is 77.0 Å². The number of carbonyl (C=O) groups excluding carboxylic acids is 1. The van der Waals surface area contributed by atoms with Crippen molar-refractivity contribution in [2.45, 2.75) is 13.0 Å². The van der Waals surface area contributed by atoms with Crippen LogP contribution in [0.5, 0.6) is 0 Å². The molecule has 1 unspecified atom stereocenters. The van der Waals surface area contributed by atoms with E-state index in [-0.39, 0.29) is 5.91 Å². The molecule has 0 bridgehead atoms. The number of hydrogen-bond donors (Lipinski definition) is 2. The number of nitrogens with zero attached hydrogens (tertiary/aromatic N) is 1. The fourth-order valence-electron chi connectivity index (χ4n) is 2.28. The third-order valence-corrected chi connectivity index (χ3v) is 3.68. The van der Waals surface area contributed by atoms with Gasteiger partial charge >= 0.3 is 0 Å². The van der Waals surface area contributed by atoms with Crippen molar-refractivity contribution >= 4 is 29.0 Å².